The van der Waals surface area contributed by atoms with Gasteiger partial charge in [0.15, 0.2) is 0 Å². The molecule has 3 nitrogen and oxygen atoms in total. The van der Waals surface area contributed by atoms with Crippen LogP contribution in [0.25, 0.3) is 0 Å². The predicted octanol–water partition coefficient (Wildman–Crippen LogP) is 1.68. The molecule has 0 atom stereocenters. The molecule has 0 saturated carbocycles. The van der Waals surface area contributed by atoms with Gasteiger partial charge in [0.1, 0.15) is 8.64 Å². The second kappa shape index (κ2) is 11.1. The molecule has 1 aromatic rings. The lowest BCUT2D eigenvalue weighted by molar-refractivity contribution is 0.834. The fourth-order valence-corrected chi connectivity index (χ4v) is 1.08. The van der Waals surface area contributed by atoms with Gasteiger partial charge in [0.05, 0.1) is 0 Å². The van der Waals surface area contributed by atoms with Gasteiger partial charge in [0, 0.05) is 25.5 Å². The molecule has 0 bridgehead atoms. The molecule has 0 saturated heterocycles. The maximum Gasteiger partial charge on any atom is 0.130 e. The lowest BCUT2D eigenvalue weighted by Gasteiger charge is -2.03. The Bertz CT molecular complexity index is 262. The molecular formula is C9H13N3S4. The molecule has 2 N–H and O–H groups in total. The molecule has 0 aliphatic heterocycles. The minimum absolute atomic E-state index is 0.492. The number of hydrogen-bond acceptors (Lipinski definition) is 3. The Morgan fingerprint density at radius 3 is 1.56 bits per heavy atom. The minimum Gasteiger partial charge on any atom is -0.369 e. The van der Waals surface area contributed by atoms with Crippen molar-refractivity contribution in [2.75, 3.05) is 13.1 Å². The van der Waals surface area contributed by atoms with Crippen molar-refractivity contribution in [3.05, 3.63) is 30.6 Å². The zero-order chi connectivity index (χ0) is 12.2. The van der Waals surface area contributed by atoms with Crippen LogP contribution in [0.4, 0.5) is 0 Å². The first-order valence-electron chi connectivity index (χ1n) is 4.41. The molecule has 0 radical (unpaired) electrons. The molecule has 0 unspecified atom stereocenters. The Hall–Kier alpha value is -0.370. The maximum absolute atomic E-state index is 4.65. The summed E-state index contributed by atoms with van der Waals surface area (Å²) in [6.07, 6.45) is 3.50. The highest BCUT2D eigenvalue weighted by atomic mass is 32.1. The van der Waals surface area contributed by atoms with E-state index in [0.29, 0.717) is 21.7 Å². The number of hydrogen-bond donors (Lipinski definition) is 4. The van der Waals surface area contributed by atoms with Crippen LogP contribution in [0.2, 0.25) is 0 Å². The van der Waals surface area contributed by atoms with E-state index in [1.165, 1.54) is 0 Å². The van der Waals surface area contributed by atoms with E-state index in [1.54, 1.807) is 12.4 Å². The number of thiocarbonyl (C=S) groups is 2. The highest BCUT2D eigenvalue weighted by Crippen LogP contribution is 1.77. The van der Waals surface area contributed by atoms with E-state index >= 15 is 0 Å². The first kappa shape index (κ1) is 15.6. The summed E-state index contributed by atoms with van der Waals surface area (Å²) >= 11 is 17.0. The van der Waals surface area contributed by atoms with Crippen molar-refractivity contribution >= 4 is 58.3 Å². The van der Waals surface area contributed by atoms with Crippen molar-refractivity contribution in [2.45, 2.75) is 0 Å². The van der Waals surface area contributed by atoms with Crippen molar-refractivity contribution in [1.82, 2.24) is 15.6 Å². The Balaban J connectivity index is 0.000000315. The van der Waals surface area contributed by atoms with Crippen LogP contribution in [0.1, 0.15) is 0 Å². The highest BCUT2D eigenvalue weighted by molar-refractivity contribution is 8.11. The Morgan fingerprint density at radius 1 is 0.938 bits per heavy atom. The fourth-order valence-electron chi connectivity index (χ4n) is 0.651. The van der Waals surface area contributed by atoms with Gasteiger partial charge >= 0.3 is 0 Å². The zero-order valence-corrected chi connectivity index (χ0v) is 11.9. The highest BCUT2D eigenvalue weighted by Gasteiger charge is 1.87. The third-order valence-corrected chi connectivity index (χ3v) is 1.85. The summed E-state index contributed by atoms with van der Waals surface area (Å²) in [4.78, 5) is 3.78. The van der Waals surface area contributed by atoms with Gasteiger partial charge in [-0.05, 0) is 12.1 Å². The van der Waals surface area contributed by atoms with Crippen molar-refractivity contribution in [1.29, 1.82) is 0 Å². The van der Waals surface area contributed by atoms with Gasteiger partial charge in [-0.2, -0.15) is 0 Å². The second-order valence-corrected chi connectivity index (χ2v) is 4.80. The molecule has 1 heterocycles. The first-order chi connectivity index (χ1) is 7.63. The van der Waals surface area contributed by atoms with Crippen LogP contribution >= 0.6 is 49.7 Å². The number of aromatic nitrogens is 1. The number of pyridine rings is 1. The minimum atomic E-state index is 0.492. The monoisotopic (exact) mass is 291 g/mol. The average molecular weight is 291 g/mol. The maximum atomic E-state index is 4.65. The standard InChI is InChI=1S/C5H5N.C4H8N2S4/c1-2-4-6-5-3-1;7-3(8)5-1-2-6-4(9)10/h1-5H;1-2H2,(H2,5,7,8)(H2,6,9,10). The lowest BCUT2D eigenvalue weighted by atomic mass is 10.5. The number of nitrogens with zero attached hydrogens (tertiary/aromatic N) is 1. The number of thiol groups is 2. The van der Waals surface area contributed by atoms with E-state index < -0.39 is 0 Å². The lowest BCUT2D eigenvalue weighted by Crippen LogP contribution is -2.29. The summed E-state index contributed by atoms with van der Waals surface area (Å²) in [5, 5.41) is 5.68. The summed E-state index contributed by atoms with van der Waals surface area (Å²) in [7, 11) is 0. The molecule has 7 heteroatoms. The van der Waals surface area contributed by atoms with E-state index in [9.17, 15) is 0 Å². The zero-order valence-electron chi connectivity index (χ0n) is 8.46. The van der Waals surface area contributed by atoms with Gasteiger partial charge in [0.25, 0.3) is 0 Å². The van der Waals surface area contributed by atoms with Crippen LogP contribution < -0.4 is 10.6 Å². The third-order valence-electron chi connectivity index (χ3n) is 1.24. The number of rotatable bonds is 3. The molecule has 0 aromatic carbocycles. The van der Waals surface area contributed by atoms with E-state index in [4.69, 9.17) is 0 Å². The quantitative estimate of drug-likeness (QED) is 0.387. The molecule has 0 spiro atoms. The van der Waals surface area contributed by atoms with Gasteiger partial charge < -0.3 is 10.6 Å². The summed E-state index contributed by atoms with van der Waals surface area (Å²) in [6, 6.07) is 5.72. The molecule has 0 aliphatic rings. The average Bonchev–Trinajstić information content (AvgIpc) is 2.27. The summed E-state index contributed by atoms with van der Waals surface area (Å²) < 4.78 is 0.985. The van der Waals surface area contributed by atoms with E-state index in [2.05, 4.69) is 65.3 Å². The first-order valence-corrected chi connectivity index (χ1v) is 6.12. The molecule has 88 valence electrons. The van der Waals surface area contributed by atoms with Crippen molar-refractivity contribution in [3.8, 4) is 0 Å². The third kappa shape index (κ3) is 13.6. The largest absolute Gasteiger partial charge is 0.369 e. The van der Waals surface area contributed by atoms with E-state index in [1.807, 2.05) is 18.2 Å². The normalized spacial score (nSPS) is 8.38. The van der Waals surface area contributed by atoms with Crippen molar-refractivity contribution < 1.29 is 0 Å². The molecule has 0 aliphatic carbocycles. The van der Waals surface area contributed by atoms with Gasteiger partial charge in [-0.15, -0.1) is 25.3 Å². The van der Waals surface area contributed by atoms with Crippen LogP contribution in [-0.4, -0.2) is 26.7 Å². The van der Waals surface area contributed by atoms with Crippen LogP contribution in [0.15, 0.2) is 30.6 Å². The topological polar surface area (TPSA) is 37.0 Å². The smallest absolute Gasteiger partial charge is 0.130 e. The molecular weight excluding hydrogens is 278 g/mol. The van der Waals surface area contributed by atoms with Crippen molar-refractivity contribution in [2.24, 2.45) is 0 Å². The molecule has 0 fully saturated rings. The molecule has 16 heavy (non-hydrogen) atoms. The van der Waals surface area contributed by atoms with Crippen LogP contribution in [0.5, 0.6) is 0 Å². The molecule has 1 rings (SSSR count). The summed E-state index contributed by atoms with van der Waals surface area (Å²) in [5.74, 6) is 0. The predicted molar refractivity (Wildman–Crippen MR) is 83.4 cm³/mol. The van der Waals surface area contributed by atoms with E-state index in [0.717, 1.165) is 0 Å². The SMILES string of the molecule is S=C(S)NCCNC(=S)S.c1ccncc1. The number of nitrogens with one attached hydrogen (secondary N) is 2. The molecule has 1 aromatic heterocycles. The summed E-state index contributed by atoms with van der Waals surface area (Å²) in [6.45, 7) is 1.42. The van der Waals surface area contributed by atoms with Crippen molar-refractivity contribution in [3.63, 3.8) is 0 Å². The Kier molecular flexibility index (Phi) is 10.9. The van der Waals surface area contributed by atoms with Gasteiger partial charge in [-0.1, -0.05) is 30.5 Å². The van der Waals surface area contributed by atoms with Crippen LogP contribution in [0.3, 0.4) is 0 Å². The van der Waals surface area contributed by atoms with Gasteiger partial charge in [-0.25, -0.2) is 0 Å². The fraction of sp³-hybridized carbons (Fsp3) is 0.222. The van der Waals surface area contributed by atoms with Gasteiger partial charge in [-0.3, -0.25) is 4.98 Å². The Labute approximate surface area is 117 Å². The molecule has 0 amide bonds. The Morgan fingerprint density at radius 2 is 1.38 bits per heavy atom. The van der Waals surface area contributed by atoms with Crippen LogP contribution in [-0.2, 0) is 0 Å². The van der Waals surface area contributed by atoms with E-state index in [-0.39, 0.29) is 0 Å². The second-order valence-electron chi connectivity index (χ2n) is 2.49. The summed E-state index contributed by atoms with van der Waals surface area (Å²) in [5.41, 5.74) is 0. The van der Waals surface area contributed by atoms with Gasteiger partial charge in [0.2, 0.25) is 0 Å². The van der Waals surface area contributed by atoms with Crippen LogP contribution in [0, 0.1) is 0 Å².